The highest BCUT2D eigenvalue weighted by Gasteiger charge is 2.73. The number of rotatable bonds is 10. The van der Waals surface area contributed by atoms with Crippen molar-refractivity contribution in [2.75, 3.05) is 39.3 Å². The first-order chi connectivity index (χ1) is 22.4. The van der Waals surface area contributed by atoms with E-state index in [1.807, 2.05) is 10.3 Å². The summed E-state index contributed by atoms with van der Waals surface area (Å²) in [5.74, 6) is -1.14. The van der Waals surface area contributed by atoms with Crippen LogP contribution in [0.4, 0.5) is 9.18 Å². The average Bonchev–Trinajstić information content (AvgIpc) is 3.64. The lowest BCUT2D eigenvalue weighted by molar-refractivity contribution is -0.218. The number of urea groups is 1. The molecule has 11 nitrogen and oxygen atoms in total. The molecule has 2 aromatic rings. The van der Waals surface area contributed by atoms with Gasteiger partial charge in [0.25, 0.3) is 0 Å². The number of piperazine rings is 1. The third-order valence-electron chi connectivity index (χ3n) is 10.8. The number of esters is 1. The molecule has 1 aromatic carbocycles. The molecule has 3 saturated carbocycles. The van der Waals surface area contributed by atoms with Crippen LogP contribution in [0.15, 0.2) is 46.0 Å². The Kier molecular flexibility index (Phi) is 7.70. The molecule has 2 bridgehead atoms. The summed E-state index contributed by atoms with van der Waals surface area (Å²) < 4.78 is 20.3. The number of hydrogen-bond donors (Lipinski definition) is 2. The van der Waals surface area contributed by atoms with E-state index in [4.69, 9.17) is 9.73 Å². The van der Waals surface area contributed by atoms with Crippen molar-refractivity contribution in [2.24, 2.45) is 15.8 Å². The predicted octanol–water partition coefficient (Wildman–Crippen LogP) is 4.34. The summed E-state index contributed by atoms with van der Waals surface area (Å²) in [5.41, 5.74) is 1.07. The molecular weight excluding hydrogens is 623 g/mol. The number of carboxylic acids is 1. The number of benzene rings is 1. The van der Waals surface area contributed by atoms with Crippen molar-refractivity contribution in [3.63, 3.8) is 0 Å². The Morgan fingerprint density at radius 1 is 1.21 bits per heavy atom. The van der Waals surface area contributed by atoms with Gasteiger partial charge in [0, 0.05) is 55.5 Å². The lowest BCUT2D eigenvalue weighted by Gasteiger charge is -2.74. The minimum Gasteiger partial charge on any atom is -0.481 e. The number of nitrogens with one attached hydrogen (secondary N) is 1. The van der Waals surface area contributed by atoms with E-state index >= 15 is 0 Å². The molecule has 2 amide bonds. The van der Waals surface area contributed by atoms with Crippen LogP contribution in [-0.2, 0) is 14.3 Å². The van der Waals surface area contributed by atoms with Gasteiger partial charge in [-0.3, -0.25) is 14.7 Å². The standard InChI is InChI=1S/C34H41FN6O5S/c1-5-46-29(42)25-24(37-27(28-36-9-12-47-28)38-26(25)22-7-6-8-23(35)20(22)2)15-39-10-11-40-21(13-39)14-41(31(40)45)34-17-33(18-34,19-34)16-32(3,4)30(43)44/h6-9,12,21,26H,5,10-11,13-19H2,1-4H3,(H,37,38)(H,43,44)/t21-,26-,33?,34?/m0/s1. The van der Waals surface area contributed by atoms with Gasteiger partial charge >= 0.3 is 18.0 Å². The Bertz CT molecular complexity index is 1670. The number of carbonyl (C=O) groups excluding carboxylic acids is 2. The summed E-state index contributed by atoms with van der Waals surface area (Å²) in [6, 6.07) is 4.11. The van der Waals surface area contributed by atoms with Crippen molar-refractivity contribution in [1.29, 1.82) is 0 Å². The van der Waals surface area contributed by atoms with Crippen LogP contribution < -0.4 is 5.32 Å². The van der Waals surface area contributed by atoms with E-state index in [-0.39, 0.29) is 35.5 Å². The second kappa shape index (κ2) is 11.4. The quantitative estimate of drug-likeness (QED) is 0.359. The van der Waals surface area contributed by atoms with Crippen molar-refractivity contribution < 1.29 is 28.6 Å². The number of amidine groups is 1. The van der Waals surface area contributed by atoms with E-state index in [0.29, 0.717) is 72.4 Å². The number of carbonyl (C=O) groups is 3. The predicted molar refractivity (Wildman–Crippen MR) is 173 cm³/mol. The Morgan fingerprint density at radius 3 is 2.66 bits per heavy atom. The molecule has 2 N–H and O–H groups in total. The highest BCUT2D eigenvalue weighted by atomic mass is 32.1. The third kappa shape index (κ3) is 5.31. The first-order valence-corrected chi connectivity index (χ1v) is 17.2. The highest BCUT2D eigenvalue weighted by Crippen LogP contribution is 2.73. The number of fused-ring (bicyclic) bond motifs is 1. The van der Waals surface area contributed by atoms with Crippen molar-refractivity contribution >= 4 is 35.1 Å². The molecule has 1 aromatic heterocycles. The summed E-state index contributed by atoms with van der Waals surface area (Å²) in [5, 5.41) is 15.5. The first kappa shape index (κ1) is 31.7. The first-order valence-electron chi connectivity index (χ1n) is 16.3. The number of aliphatic carboxylic acids is 1. The molecule has 0 radical (unpaired) electrons. The molecule has 47 heavy (non-hydrogen) atoms. The summed E-state index contributed by atoms with van der Waals surface area (Å²) in [7, 11) is 0. The minimum atomic E-state index is -0.785. The Balaban J connectivity index is 1.12. The number of thiazole rings is 1. The summed E-state index contributed by atoms with van der Waals surface area (Å²) in [6.45, 7) is 10.0. The maximum absolute atomic E-state index is 14.8. The van der Waals surface area contributed by atoms with Gasteiger partial charge in [0.2, 0.25) is 0 Å². The van der Waals surface area contributed by atoms with E-state index in [1.165, 1.54) is 17.4 Å². The molecule has 3 aliphatic carbocycles. The topological polar surface area (TPSA) is 128 Å². The van der Waals surface area contributed by atoms with Gasteiger partial charge in [-0.25, -0.2) is 19.0 Å². The zero-order valence-electron chi connectivity index (χ0n) is 27.2. The number of aliphatic imine (C=N–C) groups is 1. The molecule has 8 rings (SSSR count). The monoisotopic (exact) mass is 664 g/mol. The van der Waals surface area contributed by atoms with Crippen LogP contribution >= 0.6 is 11.3 Å². The summed E-state index contributed by atoms with van der Waals surface area (Å²) in [6.07, 6.45) is 4.93. The molecule has 0 spiro atoms. The lowest BCUT2D eigenvalue weighted by Crippen LogP contribution is -2.75. The number of hydrogen-bond acceptors (Lipinski definition) is 9. The van der Waals surface area contributed by atoms with Crippen molar-refractivity contribution in [3.8, 4) is 0 Å². The third-order valence-corrected chi connectivity index (χ3v) is 11.5. The second-order valence-corrected chi connectivity index (χ2v) is 15.4. The van der Waals surface area contributed by atoms with Crippen LogP contribution in [0.1, 0.15) is 68.6 Å². The van der Waals surface area contributed by atoms with Crippen LogP contribution in [0.5, 0.6) is 0 Å². The van der Waals surface area contributed by atoms with Crippen LogP contribution in [0.25, 0.3) is 0 Å². The SMILES string of the molecule is CCOC(=O)C1=C(CN2CCN3C(=O)N(C45CC(CC(C)(C)C(=O)O)(C4)C5)C[C@@H]3C2)NC(c2nccs2)=N[C@H]1c1cccc(F)c1C. The molecule has 5 fully saturated rings. The molecule has 6 aliphatic rings. The molecule has 2 saturated heterocycles. The number of ether oxygens (including phenoxy) is 1. The largest absolute Gasteiger partial charge is 0.481 e. The lowest BCUT2D eigenvalue weighted by atomic mass is 9.36. The van der Waals surface area contributed by atoms with Crippen LogP contribution in [0, 0.1) is 23.6 Å². The fourth-order valence-corrected chi connectivity index (χ4v) is 9.31. The molecule has 13 heteroatoms. The van der Waals surface area contributed by atoms with E-state index < -0.39 is 23.4 Å². The van der Waals surface area contributed by atoms with Crippen LogP contribution in [0.2, 0.25) is 0 Å². The fraction of sp³-hybridized carbons (Fsp3) is 0.559. The number of amides is 2. The average molecular weight is 665 g/mol. The van der Waals surface area contributed by atoms with E-state index in [1.54, 1.807) is 46.0 Å². The van der Waals surface area contributed by atoms with E-state index in [2.05, 4.69) is 20.1 Å². The van der Waals surface area contributed by atoms with Crippen molar-refractivity contribution in [2.45, 2.75) is 71.0 Å². The smallest absolute Gasteiger partial charge is 0.338 e. The number of halogens is 1. The molecule has 3 aliphatic heterocycles. The highest BCUT2D eigenvalue weighted by molar-refractivity contribution is 7.11. The van der Waals surface area contributed by atoms with Gasteiger partial charge in [-0.1, -0.05) is 12.1 Å². The van der Waals surface area contributed by atoms with Gasteiger partial charge in [-0.15, -0.1) is 11.3 Å². The molecular formula is C34H41FN6O5S. The molecule has 4 heterocycles. The van der Waals surface area contributed by atoms with Gasteiger partial charge in [0.1, 0.15) is 11.9 Å². The maximum atomic E-state index is 14.8. The molecule has 250 valence electrons. The van der Waals surface area contributed by atoms with Crippen molar-refractivity contribution in [1.82, 2.24) is 25.0 Å². The Morgan fingerprint density at radius 2 is 1.98 bits per heavy atom. The van der Waals surface area contributed by atoms with Gasteiger partial charge in [0.05, 0.1) is 23.6 Å². The normalized spacial score (nSPS) is 28.7. The van der Waals surface area contributed by atoms with Crippen LogP contribution in [0.3, 0.4) is 0 Å². The maximum Gasteiger partial charge on any atom is 0.338 e. The molecule has 0 unspecified atom stereocenters. The van der Waals surface area contributed by atoms with Gasteiger partial charge < -0.3 is 25.0 Å². The van der Waals surface area contributed by atoms with Crippen LogP contribution in [-0.4, -0.2) is 99.5 Å². The zero-order chi connectivity index (χ0) is 33.3. The Labute approximate surface area is 277 Å². The second-order valence-electron chi connectivity index (χ2n) is 14.5. The number of nitrogens with zero attached hydrogens (tertiary/aromatic N) is 5. The minimum absolute atomic E-state index is 0.000259. The van der Waals surface area contributed by atoms with Gasteiger partial charge in [-0.05, 0) is 76.0 Å². The van der Waals surface area contributed by atoms with Gasteiger partial charge in [-0.2, -0.15) is 0 Å². The zero-order valence-corrected chi connectivity index (χ0v) is 28.0. The van der Waals surface area contributed by atoms with Gasteiger partial charge in [0.15, 0.2) is 10.8 Å². The number of aromatic nitrogens is 1. The summed E-state index contributed by atoms with van der Waals surface area (Å²) >= 11 is 1.42. The van der Waals surface area contributed by atoms with E-state index in [0.717, 1.165) is 19.3 Å². The fourth-order valence-electron chi connectivity index (χ4n) is 8.73. The summed E-state index contributed by atoms with van der Waals surface area (Å²) in [4.78, 5) is 54.6. The number of carboxylic acid groups (broad SMARTS) is 1. The Hall–Kier alpha value is -3.84. The molecule has 2 atom stereocenters. The van der Waals surface area contributed by atoms with E-state index in [9.17, 15) is 23.9 Å². The van der Waals surface area contributed by atoms with Crippen molar-refractivity contribution in [3.05, 3.63) is 63.0 Å².